The molecule has 5 heteroatoms. The van der Waals surface area contributed by atoms with Crippen LogP contribution in [-0.2, 0) is 4.79 Å². The molecule has 0 fully saturated rings. The predicted octanol–water partition coefficient (Wildman–Crippen LogP) is 3.77. The van der Waals surface area contributed by atoms with Crippen molar-refractivity contribution in [3.05, 3.63) is 65.5 Å². The van der Waals surface area contributed by atoms with E-state index in [1.807, 2.05) is 31.2 Å². The third kappa shape index (κ3) is 2.82. The van der Waals surface area contributed by atoms with Gasteiger partial charge in [-0.15, -0.1) is 0 Å². The Balaban J connectivity index is 2.07. The fourth-order valence-electron chi connectivity index (χ4n) is 2.89. The molecule has 1 heterocycles. The van der Waals surface area contributed by atoms with Gasteiger partial charge in [-0.2, -0.15) is 5.10 Å². The molecule has 23 heavy (non-hydrogen) atoms. The van der Waals surface area contributed by atoms with Gasteiger partial charge < -0.3 is 5.11 Å². The van der Waals surface area contributed by atoms with Crippen molar-refractivity contribution in [2.45, 2.75) is 19.9 Å². The molecule has 2 aromatic rings. The standard InChI is InChI=1S/C18H17FN2O2/c1-11-3-5-13(6-4-11)17-16(18(22)23)12(2)20-21(17)15-9-7-14(19)8-10-15/h3-10,16-17H,1-2H3,(H,22,23). The summed E-state index contributed by atoms with van der Waals surface area (Å²) < 4.78 is 13.2. The molecule has 0 aliphatic carbocycles. The maximum absolute atomic E-state index is 13.2. The average molecular weight is 312 g/mol. The highest BCUT2D eigenvalue weighted by atomic mass is 19.1. The van der Waals surface area contributed by atoms with Gasteiger partial charge in [0.2, 0.25) is 0 Å². The van der Waals surface area contributed by atoms with Crippen LogP contribution in [0.25, 0.3) is 0 Å². The minimum Gasteiger partial charge on any atom is -0.481 e. The maximum atomic E-state index is 13.2. The van der Waals surface area contributed by atoms with E-state index in [4.69, 9.17) is 0 Å². The Kier molecular flexibility index (Phi) is 3.86. The van der Waals surface area contributed by atoms with Crippen LogP contribution in [0.1, 0.15) is 24.1 Å². The highest BCUT2D eigenvalue weighted by Gasteiger charge is 2.41. The number of hydrogen-bond acceptors (Lipinski definition) is 3. The zero-order valence-electron chi connectivity index (χ0n) is 12.9. The number of aliphatic carboxylic acids is 1. The summed E-state index contributed by atoms with van der Waals surface area (Å²) in [5.41, 5.74) is 3.17. The van der Waals surface area contributed by atoms with Crippen LogP contribution in [0, 0.1) is 18.7 Å². The normalized spacial score (nSPS) is 20.5. The highest BCUT2D eigenvalue weighted by Crippen LogP contribution is 2.39. The molecule has 1 aliphatic heterocycles. The summed E-state index contributed by atoms with van der Waals surface area (Å²) >= 11 is 0. The fraction of sp³-hybridized carbons (Fsp3) is 0.222. The molecular formula is C18H17FN2O2. The van der Waals surface area contributed by atoms with E-state index in [0.717, 1.165) is 11.1 Å². The lowest BCUT2D eigenvalue weighted by Gasteiger charge is -2.27. The van der Waals surface area contributed by atoms with Crippen molar-refractivity contribution >= 4 is 17.4 Å². The van der Waals surface area contributed by atoms with Gasteiger partial charge in [-0.05, 0) is 43.7 Å². The molecule has 4 nitrogen and oxygen atoms in total. The van der Waals surface area contributed by atoms with Gasteiger partial charge >= 0.3 is 5.97 Å². The molecule has 2 unspecified atom stereocenters. The Morgan fingerprint density at radius 1 is 1.09 bits per heavy atom. The van der Waals surface area contributed by atoms with Crippen molar-refractivity contribution in [1.29, 1.82) is 0 Å². The topological polar surface area (TPSA) is 52.9 Å². The van der Waals surface area contributed by atoms with E-state index in [2.05, 4.69) is 5.10 Å². The SMILES string of the molecule is CC1=NN(c2ccc(F)cc2)C(c2ccc(C)cc2)C1C(=O)O. The van der Waals surface area contributed by atoms with Crippen molar-refractivity contribution in [1.82, 2.24) is 0 Å². The van der Waals surface area contributed by atoms with Crippen molar-refractivity contribution in [3.63, 3.8) is 0 Å². The van der Waals surface area contributed by atoms with Gasteiger partial charge in [-0.1, -0.05) is 29.8 Å². The van der Waals surface area contributed by atoms with E-state index >= 15 is 0 Å². The van der Waals surface area contributed by atoms with E-state index in [9.17, 15) is 14.3 Å². The molecule has 0 spiro atoms. The first-order valence-electron chi connectivity index (χ1n) is 7.36. The van der Waals surface area contributed by atoms with E-state index in [1.54, 1.807) is 24.1 Å². The Labute approximate surface area is 133 Å². The molecule has 118 valence electrons. The van der Waals surface area contributed by atoms with Gasteiger partial charge in [0.15, 0.2) is 0 Å². The van der Waals surface area contributed by atoms with Crippen molar-refractivity contribution in [3.8, 4) is 0 Å². The number of anilines is 1. The Morgan fingerprint density at radius 3 is 2.26 bits per heavy atom. The number of carboxylic acids is 1. The summed E-state index contributed by atoms with van der Waals surface area (Å²) in [6.07, 6.45) is 0. The molecule has 0 radical (unpaired) electrons. The molecule has 3 rings (SSSR count). The lowest BCUT2D eigenvalue weighted by Crippen LogP contribution is -2.30. The van der Waals surface area contributed by atoms with Crippen LogP contribution in [0.3, 0.4) is 0 Å². The molecule has 2 atom stereocenters. The minimum atomic E-state index is -0.915. The zero-order chi connectivity index (χ0) is 16.6. The first-order chi connectivity index (χ1) is 11.0. The van der Waals surface area contributed by atoms with Crippen LogP contribution in [0.15, 0.2) is 53.6 Å². The van der Waals surface area contributed by atoms with Gasteiger partial charge in [0.25, 0.3) is 0 Å². The van der Waals surface area contributed by atoms with Crippen LogP contribution < -0.4 is 5.01 Å². The molecule has 1 N–H and O–H groups in total. The summed E-state index contributed by atoms with van der Waals surface area (Å²) in [4.78, 5) is 11.7. The quantitative estimate of drug-likeness (QED) is 0.938. The first-order valence-corrected chi connectivity index (χ1v) is 7.36. The Bertz CT molecular complexity index is 754. The lowest BCUT2D eigenvalue weighted by molar-refractivity contribution is -0.139. The average Bonchev–Trinajstić information content (AvgIpc) is 2.86. The van der Waals surface area contributed by atoms with Crippen molar-refractivity contribution < 1.29 is 14.3 Å². The number of benzene rings is 2. The summed E-state index contributed by atoms with van der Waals surface area (Å²) in [5, 5.41) is 15.7. The molecule has 0 saturated heterocycles. The van der Waals surface area contributed by atoms with Crippen molar-refractivity contribution in [2.75, 3.05) is 5.01 Å². The minimum absolute atomic E-state index is 0.338. The van der Waals surface area contributed by atoms with Gasteiger partial charge in [0.05, 0.1) is 17.4 Å². The Hall–Kier alpha value is -2.69. The van der Waals surface area contributed by atoms with E-state index < -0.39 is 17.9 Å². The molecule has 1 aliphatic rings. The number of aryl methyl sites for hydroxylation is 1. The van der Waals surface area contributed by atoms with Gasteiger partial charge in [0, 0.05) is 0 Å². The second-order valence-electron chi connectivity index (χ2n) is 5.73. The molecule has 2 aromatic carbocycles. The predicted molar refractivity (Wildman–Crippen MR) is 87.0 cm³/mol. The summed E-state index contributed by atoms with van der Waals surface area (Å²) in [6.45, 7) is 3.69. The summed E-state index contributed by atoms with van der Waals surface area (Å²) in [5.74, 6) is -1.99. The number of rotatable bonds is 3. The molecular weight excluding hydrogens is 295 g/mol. The van der Waals surface area contributed by atoms with E-state index in [0.29, 0.717) is 11.4 Å². The number of hydrogen-bond donors (Lipinski definition) is 1. The third-order valence-corrected chi connectivity index (χ3v) is 4.07. The number of halogens is 1. The van der Waals surface area contributed by atoms with Crippen LogP contribution in [0.2, 0.25) is 0 Å². The second kappa shape index (κ2) is 5.83. The number of carboxylic acid groups (broad SMARTS) is 1. The monoisotopic (exact) mass is 312 g/mol. The lowest BCUT2D eigenvalue weighted by atomic mass is 9.90. The third-order valence-electron chi connectivity index (χ3n) is 4.07. The van der Waals surface area contributed by atoms with Crippen LogP contribution in [0.5, 0.6) is 0 Å². The fourth-order valence-corrected chi connectivity index (χ4v) is 2.89. The van der Waals surface area contributed by atoms with Gasteiger partial charge in [0.1, 0.15) is 11.7 Å². The van der Waals surface area contributed by atoms with Crippen molar-refractivity contribution in [2.24, 2.45) is 11.0 Å². The highest BCUT2D eigenvalue weighted by molar-refractivity contribution is 6.03. The van der Waals surface area contributed by atoms with E-state index in [1.165, 1.54) is 12.1 Å². The number of carbonyl (C=O) groups is 1. The van der Waals surface area contributed by atoms with Crippen LogP contribution in [-0.4, -0.2) is 16.8 Å². The van der Waals surface area contributed by atoms with Gasteiger partial charge in [-0.3, -0.25) is 9.80 Å². The summed E-state index contributed by atoms with van der Waals surface area (Å²) in [6, 6.07) is 13.2. The van der Waals surface area contributed by atoms with Crippen LogP contribution in [0.4, 0.5) is 10.1 Å². The molecule has 0 amide bonds. The molecule has 0 saturated carbocycles. The smallest absolute Gasteiger partial charge is 0.314 e. The molecule has 0 bridgehead atoms. The van der Waals surface area contributed by atoms with Gasteiger partial charge in [-0.25, -0.2) is 4.39 Å². The largest absolute Gasteiger partial charge is 0.481 e. The summed E-state index contributed by atoms with van der Waals surface area (Å²) in [7, 11) is 0. The van der Waals surface area contributed by atoms with E-state index in [-0.39, 0.29) is 5.82 Å². The number of nitrogens with zero attached hydrogens (tertiary/aromatic N) is 2. The second-order valence-corrected chi connectivity index (χ2v) is 5.73. The maximum Gasteiger partial charge on any atom is 0.314 e. The van der Waals surface area contributed by atoms with Crippen LogP contribution >= 0.6 is 0 Å². The zero-order valence-corrected chi connectivity index (χ0v) is 12.9. The first kappa shape index (κ1) is 15.2. The number of hydrazone groups is 1. The Morgan fingerprint density at radius 2 is 1.70 bits per heavy atom. The molecule has 0 aromatic heterocycles.